The van der Waals surface area contributed by atoms with Crippen LogP contribution in [0.1, 0.15) is 36.6 Å². The van der Waals surface area contributed by atoms with E-state index in [4.69, 9.17) is 9.47 Å². The van der Waals surface area contributed by atoms with Crippen LogP contribution in [0.4, 0.5) is 0 Å². The number of hydrogen-bond donors (Lipinski definition) is 1. The fraction of sp³-hybridized carbons (Fsp3) is 0.300. The number of hydrogen-bond acceptors (Lipinski definition) is 7. The molecule has 0 saturated carbocycles. The number of aliphatic hydroxyl groups is 1. The van der Waals surface area contributed by atoms with Gasteiger partial charge in [0.2, 0.25) is 0 Å². The van der Waals surface area contributed by atoms with Crippen molar-refractivity contribution in [1.82, 2.24) is 9.78 Å². The van der Waals surface area contributed by atoms with Crippen molar-refractivity contribution in [1.29, 1.82) is 5.26 Å². The summed E-state index contributed by atoms with van der Waals surface area (Å²) < 4.78 is 12.2. The highest BCUT2D eigenvalue weighted by Crippen LogP contribution is 2.50. The SMILES string of the molecule is C=CCn1nc(C2c3cc(C#N)ccc3OC(C)(C)C2(O)OC=O)ccc1=O. The van der Waals surface area contributed by atoms with E-state index < -0.39 is 17.3 Å². The van der Waals surface area contributed by atoms with Crippen molar-refractivity contribution in [2.45, 2.75) is 37.7 Å². The highest BCUT2D eigenvalue weighted by atomic mass is 16.7. The van der Waals surface area contributed by atoms with Crippen LogP contribution in [0.5, 0.6) is 5.75 Å². The van der Waals surface area contributed by atoms with Crippen LogP contribution < -0.4 is 10.3 Å². The van der Waals surface area contributed by atoms with Crippen molar-refractivity contribution >= 4 is 6.47 Å². The number of aromatic nitrogens is 2. The quantitative estimate of drug-likeness (QED) is 0.474. The second-order valence-electron chi connectivity index (χ2n) is 6.89. The molecule has 2 unspecified atom stereocenters. The van der Waals surface area contributed by atoms with Gasteiger partial charge in [0.05, 0.1) is 23.9 Å². The van der Waals surface area contributed by atoms with Crippen molar-refractivity contribution in [3.8, 4) is 11.8 Å². The molecule has 8 nitrogen and oxygen atoms in total. The van der Waals surface area contributed by atoms with Crippen LogP contribution >= 0.6 is 0 Å². The normalized spacial score (nSPS) is 22.3. The summed E-state index contributed by atoms with van der Waals surface area (Å²) in [5, 5.41) is 25.0. The van der Waals surface area contributed by atoms with Crippen LogP contribution in [0, 0.1) is 11.3 Å². The fourth-order valence-electron chi connectivity index (χ4n) is 3.36. The summed E-state index contributed by atoms with van der Waals surface area (Å²) in [6, 6.07) is 9.54. The summed E-state index contributed by atoms with van der Waals surface area (Å²) in [6.45, 7) is 7.05. The highest BCUT2D eigenvalue weighted by Gasteiger charge is 2.59. The summed E-state index contributed by atoms with van der Waals surface area (Å²) in [5.74, 6) is -2.72. The van der Waals surface area contributed by atoms with Crippen LogP contribution in [0.2, 0.25) is 0 Å². The molecular weight excluding hydrogens is 362 g/mol. The van der Waals surface area contributed by atoms with Gasteiger partial charge in [-0.05, 0) is 38.1 Å². The van der Waals surface area contributed by atoms with Crippen LogP contribution in [0.25, 0.3) is 0 Å². The van der Waals surface area contributed by atoms with Gasteiger partial charge in [-0.1, -0.05) is 6.08 Å². The molecular formula is C20H19N3O5. The average molecular weight is 381 g/mol. The van der Waals surface area contributed by atoms with Gasteiger partial charge in [0, 0.05) is 11.6 Å². The summed E-state index contributed by atoms with van der Waals surface area (Å²) >= 11 is 0. The lowest BCUT2D eigenvalue weighted by Gasteiger charge is -2.48. The Morgan fingerprint density at radius 2 is 2.18 bits per heavy atom. The van der Waals surface area contributed by atoms with Crippen molar-refractivity contribution in [3.63, 3.8) is 0 Å². The van der Waals surface area contributed by atoms with Crippen LogP contribution in [-0.4, -0.2) is 32.7 Å². The molecule has 144 valence electrons. The molecule has 3 rings (SSSR count). The monoisotopic (exact) mass is 381 g/mol. The zero-order valence-corrected chi connectivity index (χ0v) is 15.5. The third-order valence-corrected chi connectivity index (χ3v) is 4.78. The molecule has 0 fully saturated rings. The molecule has 28 heavy (non-hydrogen) atoms. The molecule has 1 N–H and O–H groups in total. The van der Waals surface area contributed by atoms with Crippen LogP contribution in [-0.2, 0) is 16.1 Å². The molecule has 2 heterocycles. The molecule has 1 aliphatic heterocycles. The van der Waals surface area contributed by atoms with Gasteiger partial charge < -0.3 is 14.6 Å². The van der Waals surface area contributed by atoms with E-state index in [1.165, 1.54) is 22.9 Å². The largest absolute Gasteiger partial charge is 0.481 e. The van der Waals surface area contributed by atoms with Crippen molar-refractivity contribution in [2.75, 3.05) is 0 Å². The van der Waals surface area contributed by atoms with Crippen molar-refractivity contribution in [3.05, 3.63) is 70.2 Å². The van der Waals surface area contributed by atoms with Gasteiger partial charge in [-0.2, -0.15) is 10.4 Å². The summed E-state index contributed by atoms with van der Waals surface area (Å²) in [6.07, 6.45) is 1.52. The van der Waals surface area contributed by atoms with Gasteiger partial charge in [0.1, 0.15) is 11.7 Å². The zero-order chi connectivity index (χ0) is 20.5. The van der Waals surface area contributed by atoms with Gasteiger partial charge in [-0.15, -0.1) is 6.58 Å². The molecule has 1 aromatic heterocycles. The molecule has 0 aliphatic carbocycles. The Balaban J connectivity index is 2.32. The Kier molecular flexibility index (Phi) is 4.79. The van der Waals surface area contributed by atoms with Crippen LogP contribution in [0.15, 0.2) is 47.8 Å². The van der Waals surface area contributed by atoms with E-state index in [1.54, 1.807) is 32.0 Å². The van der Waals surface area contributed by atoms with E-state index in [0.29, 0.717) is 16.9 Å². The first kappa shape index (κ1) is 19.3. The highest BCUT2D eigenvalue weighted by molar-refractivity contribution is 5.51. The lowest BCUT2D eigenvalue weighted by Crippen LogP contribution is -2.62. The molecule has 0 spiro atoms. The first-order valence-corrected chi connectivity index (χ1v) is 8.53. The average Bonchev–Trinajstić information content (AvgIpc) is 2.65. The molecule has 1 aliphatic rings. The summed E-state index contributed by atoms with van der Waals surface area (Å²) in [4.78, 5) is 23.3. The maximum Gasteiger partial charge on any atom is 0.295 e. The third kappa shape index (κ3) is 2.96. The second kappa shape index (κ2) is 6.94. The predicted molar refractivity (Wildman–Crippen MR) is 98.5 cm³/mol. The minimum Gasteiger partial charge on any atom is -0.481 e. The van der Waals surface area contributed by atoms with Gasteiger partial charge in [-0.3, -0.25) is 9.59 Å². The molecule has 8 heteroatoms. The Hall–Kier alpha value is -3.44. The van der Waals surface area contributed by atoms with E-state index in [2.05, 4.69) is 11.7 Å². The number of nitrogens with zero attached hydrogens (tertiary/aromatic N) is 3. The lowest BCUT2D eigenvalue weighted by atomic mass is 9.75. The minimum absolute atomic E-state index is 0.136. The number of fused-ring (bicyclic) bond motifs is 1. The van der Waals surface area contributed by atoms with E-state index in [9.17, 15) is 20.0 Å². The number of carbonyl (C=O) groups excluding carboxylic acids is 1. The topological polar surface area (TPSA) is 114 Å². The number of benzene rings is 1. The van der Waals surface area contributed by atoms with E-state index in [0.717, 1.165) is 0 Å². The Morgan fingerprint density at radius 3 is 2.82 bits per heavy atom. The van der Waals surface area contributed by atoms with Gasteiger partial charge in [-0.25, -0.2) is 4.68 Å². The molecule has 2 atom stereocenters. The van der Waals surface area contributed by atoms with Crippen molar-refractivity contribution in [2.24, 2.45) is 0 Å². The zero-order valence-electron chi connectivity index (χ0n) is 15.5. The van der Waals surface area contributed by atoms with Gasteiger partial charge in [0.15, 0.2) is 5.60 Å². The van der Waals surface area contributed by atoms with E-state index >= 15 is 0 Å². The fourth-order valence-corrected chi connectivity index (χ4v) is 3.36. The summed E-state index contributed by atoms with van der Waals surface area (Å²) in [5.41, 5.74) is -0.667. The number of ether oxygens (including phenoxy) is 2. The second-order valence-corrected chi connectivity index (χ2v) is 6.89. The molecule has 0 amide bonds. The maximum atomic E-state index is 12.0. The van der Waals surface area contributed by atoms with Crippen molar-refractivity contribution < 1.29 is 19.4 Å². The molecule has 1 aromatic carbocycles. The van der Waals surface area contributed by atoms with Gasteiger partial charge >= 0.3 is 0 Å². The number of rotatable bonds is 5. The van der Waals surface area contributed by atoms with Crippen LogP contribution in [0.3, 0.4) is 0 Å². The first-order chi connectivity index (χ1) is 13.3. The Bertz CT molecular complexity index is 1040. The smallest absolute Gasteiger partial charge is 0.295 e. The molecule has 0 saturated heterocycles. The Labute approximate surface area is 161 Å². The standard InChI is InChI=1S/C20H19N3O5/c1-4-9-23-17(25)8-6-15(22-23)18-14-10-13(11-21)5-7-16(14)28-19(2,3)20(18,26)27-12-24/h4-8,10,12,18,26H,1,9H2,2-3H3. The Morgan fingerprint density at radius 1 is 1.43 bits per heavy atom. The summed E-state index contributed by atoms with van der Waals surface area (Å²) in [7, 11) is 0. The third-order valence-electron chi connectivity index (χ3n) is 4.78. The van der Waals surface area contributed by atoms with E-state index in [1.807, 2.05) is 6.07 Å². The molecule has 2 aromatic rings. The minimum atomic E-state index is -2.14. The number of allylic oxidation sites excluding steroid dienone is 1. The number of nitriles is 1. The lowest BCUT2D eigenvalue weighted by molar-refractivity contribution is -0.275. The molecule has 0 bridgehead atoms. The predicted octanol–water partition coefficient (Wildman–Crippen LogP) is 1.47. The number of carbonyl (C=O) groups is 1. The van der Waals surface area contributed by atoms with E-state index in [-0.39, 0.29) is 24.3 Å². The maximum absolute atomic E-state index is 12.0. The first-order valence-electron chi connectivity index (χ1n) is 8.53. The van der Waals surface area contributed by atoms with Gasteiger partial charge in [0.25, 0.3) is 17.8 Å². The molecule has 0 radical (unpaired) electrons.